The number of aryl methyl sites for hydroxylation is 2. The Morgan fingerprint density at radius 1 is 1.24 bits per heavy atom. The van der Waals surface area contributed by atoms with Crippen molar-refractivity contribution in [3.63, 3.8) is 0 Å². The molecule has 1 atom stereocenters. The van der Waals surface area contributed by atoms with E-state index >= 15 is 0 Å². The van der Waals surface area contributed by atoms with Crippen LogP contribution in [0.25, 0.3) is 0 Å². The maximum absolute atomic E-state index is 12.7. The predicted octanol–water partition coefficient (Wildman–Crippen LogP) is 3.26. The van der Waals surface area contributed by atoms with E-state index in [1.807, 2.05) is 18.4 Å². The molecule has 2 aromatic rings. The molecule has 1 aliphatic rings. The standard InChI is InChI=1S/C19H22N2O3S/c1-25-11-9-16(21-19(23)17-6-3-10-24-17)18(22)20-15-8-7-13-4-2-5-14(13)12-15/h3,6-8,10,12,16H,2,4-5,9,11H2,1H3,(H,20,22)(H,21,23)/t16-/m1/s1. The fraction of sp³-hybridized carbons (Fsp3) is 0.368. The zero-order chi connectivity index (χ0) is 17.6. The number of nitrogens with one attached hydrogen (secondary N) is 2. The summed E-state index contributed by atoms with van der Waals surface area (Å²) >= 11 is 1.64. The Morgan fingerprint density at radius 3 is 2.84 bits per heavy atom. The summed E-state index contributed by atoms with van der Waals surface area (Å²) in [6.07, 6.45) is 7.32. The Balaban J connectivity index is 1.67. The van der Waals surface area contributed by atoms with Crippen LogP contribution in [0.1, 0.15) is 34.5 Å². The monoisotopic (exact) mass is 358 g/mol. The highest BCUT2D eigenvalue weighted by atomic mass is 32.2. The summed E-state index contributed by atoms with van der Waals surface area (Å²) in [4.78, 5) is 24.9. The van der Waals surface area contributed by atoms with Crippen LogP contribution >= 0.6 is 11.8 Å². The number of carbonyl (C=O) groups is 2. The van der Waals surface area contributed by atoms with Gasteiger partial charge in [-0.05, 0) is 73.1 Å². The molecule has 2 amide bonds. The third-order valence-electron chi connectivity index (χ3n) is 4.34. The second-order valence-electron chi connectivity index (χ2n) is 6.11. The molecular weight excluding hydrogens is 336 g/mol. The Kier molecular flexibility index (Phi) is 5.81. The second kappa shape index (κ2) is 8.25. The average Bonchev–Trinajstić information content (AvgIpc) is 3.29. The molecule has 0 spiro atoms. The van der Waals surface area contributed by atoms with Crippen LogP contribution in [-0.2, 0) is 17.6 Å². The van der Waals surface area contributed by atoms with Gasteiger partial charge in [0.2, 0.25) is 5.91 Å². The zero-order valence-corrected chi connectivity index (χ0v) is 15.0. The number of carbonyl (C=O) groups excluding carboxylic acids is 2. The molecule has 1 aliphatic carbocycles. The van der Waals surface area contributed by atoms with Crippen LogP contribution in [0.4, 0.5) is 5.69 Å². The van der Waals surface area contributed by atoms with Gasteiger partial charge in [0, 0.05) is 5.69 Å². The molecular formula is C19H22N2O3S. The molecule has 132 valence electrons. The van der Waals surface area contributed by atoms with Crippen molar-refractivity contribution in [2.24, 2.45) is 0 Å². The van der Waals surface area contributed by atoms with Crippen molar-refractivity contribution in [1.82, 2.24) is 5.32 Å². The smallest absolute Gasteiger partial charge is 0.287 e. The largest absolute Gasteiger partial charge is 0.459 e. The minimum atomic E-state index is -0.599. The van der Waals surface area contributed by atoms with Crippen molar-refractivity contribution in [3.8, 4) is 0 Å². The van der Waals surface area contributed by atoms with Crippen molar-refractivity contribution in [1.29, 1.82) is 0 Å². The lowest BCUT2D eigenvalue weighted by Crippen LogP contribution is -2.44. The number of amides is 2. The van der Waals surface area contributed by atoms with Crippen LogP contribution in [0, 0.1) is 0 Å². The summed E-state index contributed by atoms with van der Waals surface area (Å²) in [5.41, 5.74) is 3.45. The van der Waals surface area contributed by atoms with Crippen LogP contribution in [0.3, 0.4) is 0 Å². The van der Waals surface area contributed by atoms with Crippen molar-refractivity contribution in [2.75, 3.05) is 17.3 Å². The van der Waals surface area contributed by atoms with Crippen LogP contribution in [-0.4, -0.2) is 29.9 Å². The quantitative estimate of drug-likeness (QED) is 0.797. The molecule has 0 bridgehead atoms. The Bertz CT molecular complexity index is 743. The van der Waals surface area contributed by atoms with Crippen LogP contribution in [0.5, 0.6) is 0 Å². The highest BCUT2D eigenvalue weighted by molar-refractivity contribution is 7.98. The Hall–Kier alpha value is -2.21. The van der Waals surface area contributed by atoms with E-state index in [-0.39, 0.29) is 17.6 Å². The summed E-state index contributed by atoms with van der Waals surface area (Å²) < 4.78 is 5.10. The van der Waals surface area contributed by atoms with Crippen molar-refractivity contribution in [3.05, 3.63) is 53.5 Å². The van der Waals surface area contributed by atoms with E-state index in [9.17, 15) is 9.59 Å². The van der Waals surface area contributed by atoms with Gasteiger partial charge in [-0.2, -0.15) is 11.8 Å². The summed E-state index contributed by atoms with van der Waals surface area (Å²) in [7, 11) is 0. The van der Waals surface area contributed by atoms with Crippen LogP contribution in [0.2, 0.25) is 0 Å². The molecule has 1 heterocycles. The molecule has 2 N–H and O–H groups in total. The normalized spacial score (nSPS) is 14.0. The number of thioether (sulfide) groups is 1. The van der Waals surface area contributed by atoms with Gasteiger partial charge in [-0.3, -0.25) is 9.59 Å². The van der Waals surface area contributed by atoms with Gasteiger partial charge >= 0.3 is 0 Å². The first kappa shape index (κ1) is 17.6. The lowest BCUT2D eigenvalue weighted by atomic mass is 10.1. The van der Waals surface area contributed by atoms with Crippen molar-refractivity contribution < 1.29 is 14.0 Å². The zero-order valence-electron chi connectivity index (χ0n) is 14.2. The van der Waals surface area contributed by atoms with E-state index in [0.29, 0.717) is 6.42 Å². The minimum absolute atomic E-state index is 0.202. The topological polar surface area (TPSA) is 71.3 Å². The van der Waals surface area contributed by atoms with Gasteiger partial charge in [-0.15, -0.1) is 0 Å². The van der Waals surface area contributed by atoms with E-state index < -0.39 is 6.04 Å². The molecule has 0 unspecified atom stereocenters. The van der Waals surface area contributed by atoms with Gasteiger partial charge in [0.1, 0.15) is 6.04 Å². The molecule has 1 aromatic heterocycles. The van der Waals surface area contributed by atoms with Gasteiger partial charge in [0.25, 0.3) is 5.91 Å². The highest BCUT2D eigenvalue weighted by Crippen LogP contribution is 2.25. The number of rotatable bonds is 7. The third kappa shape index (κ3) is 4.45. The molecule has 0 saturated heterocycles. The van der Waals surface area contributed by atoms with Gasteiger partial charge in [0.15, 0.2) is 5.76 Å². The molecule has 1 aromatic carbocycles. The fourth-order valence-electron chi connectivity index (χ4n) is 3.02. The van der Waals surface area contributed by atoms with Crippen molar-refractivity contribution in [2.45, 2.75) is 31.7 Å². The van der Waals surface area contributed by atoms with Crippen LogP contribution < -0.4 is 10.6 Å². The molecule has 3 rings (SSSR count). The molecule has 5 nitrogen and oxygen atoms in total. The Labute approximate surface area is 151 Å². The number of hydrogen-bond donors (Lipinski definition) is 2. The fourth-order valence-corrected chi connectivity index (χ4v) is 3.49. The van der Waals surface area contributed by atoms with Crippen molar-refractivity contribution >= 4 is 29.3 Å². The van der Waals surface area contributed by atoms with E-state index in [1.54, 1.807) is 23.9 Å². The lowest BCUT2D eigenvalue weighted by molar-refractivity contribution is -0.118. The molecule has 0 radical (unpaired) electrons. The number of furan rings is 1. The minimum Gasteiger partial charge on any atom is -0.459 e. The first-order valence-corrected chi connectivity index (χ1v) is 9.82. The molecule has 0 fully saturated rings. The van der Waals surface area contributed by atoms with E-state index in [1.165, 1.54) is 23.8 Å². The third-order valence-corrected chi connectivity index (χ3v) is 4.99. The average molecular weight is 358 g/mol. The number of fused-ring (bicyclic) bond motifs is 1. The summed E-state index contributed by atoms with van der Waals surface area (Å²) in [5, 5.41) is 5.71. The van der Waals surface area contributed by atoms with Gasteiger partial charge in [0.05, 0.1) is 6.26 Å². The summed E-state index contributed by atoms with van der Waals surface area (Å²) in [6.45, 7) is 0. The first-order chi connectivity index (χ1) is 12.2. The van der Waals surface area contributed by atoms with Crippen LogP contribution in [0.15, 0.2) is 41.0 Å². The highest BCUT2D eigenvalue weighted by Gasteiger charge is 2.23. The first-order valence-electron chi connectivity index (χ1n) is 8.43. The molecule has 0 aliphatic heterocycles. The lowest BCUT2D eigenvalue weighted by Gasteiger charge is -2.18. The van der Waals surface area contributed by atoms with E-state index in [4.69, 9.17) is 4.42 Å². The van der Waals surface area contributed by atoms with E-state index in [2.05, 4.69) is 16.7 Å². The maximum atomic E-state index is 12.7. The number of hydrogen-bond acceptors (Lipinski definition) is 4. The molecule has 25 heavy (non-hydrogen) atoms. The molecule has 0 saturated carbocycles. The number of anilines is 1. The van der Waals surface area contributed by atoms with Gasteiger partial charge < -0.3 is 15.1 Å². The second-order valence-corrected chi connectivity index (χ2v) is 7.10. The predicted molar refractivity (Wildman–Crippen MR) is 100 cm³/mol. The summed E-state index contributed by atoms with van der Waals surface area (Å²) in [5.74, 6) is 0.410. The number of benzene rings is 1. The van der Waals surface area contributed by atoms with Gasteiger partial charge in [-0.25, -0.2) is 0 Å². The Morgan fingerprint density at radius 2 is 2.08 bits per heavy atom. The SMILES string of the molecule is CSCC[C@@H](NC(=O)c1ccco1)C(=O)Nc1ccc2c(c1)CCC2. The summed E-state index contributed by atoms with van der Waals surface area (Å²) in [6, 6.07) is 8.69. The van der Waals surface area contributed by atoms with E-state index in [0.717, 1.165) is 24.3 Å². The molecule has 6 heteroatoms. The van der Waals surface area contributed by atoms with Gasteiger partial charge in [-0.1, -0.05) is 6.07 Å². The maximum Gasteiger partial charge on any atom is 0.287 e.